The lowest BCUT2D eigenvalue weighted by molar-refractivity contribution is -0.160. The van der Waals surface area contributed by atoms with Gasteiger partial charge < -0.3 is 9.64 Å². The SMILES string of the molecule is CCOC(=O)C(=O)N(Cc1ccccc1)Cc1ccc(F)cc1. The van der Waals surface area contributed by atoms with Gasteiger partial charge in [-0.3, -0.25) is 4.79 Å². The van der Waals surface area contributed by atoms with Crippen molar-refractivity contribution in [2.45, 2.75) is 20.0 Å². The minimum Gasteiger partial charge on any atom is -0.459 e. The Morgan fingerprint density at radius 3 is 2.09 bits per heavy atom. The molecular weight excluding hydrogens is 297 g/mol. The van der Waals surface area contributed by atoms with Gasteiger partial charge in [0.05, 0.1) is 6.61 Å². The topological polar surface area (TPSA) is 46.6 Å². The molecule has 0 unspecified atom stereocenters. The zero-order valence-corrected chi connectivity index (χ0v) is 12.9. The predicted octanol–water partition coefficient (Wildman–Crippen LogP) is 2.92. The number of hydrogen-bond donors (Lipinski definition) is 0. The number of benzene rings is 2. The Morgan fingerprint density at radius 1 is 0.957 bits per heavy atom. The first-order valence-corrected chi connectivity index (χ1v) is 7.34. The van der Waals surface area contributed by atoms with Gasteiger partial charge in [0.15, 0.2) is 0 Å². The van der Waals surface area contributed by atoms with Crippen molar-refractivity contribution >= 4 is 11.9 Å². The lowest BCUT2D eigenvalue weighted by atomic mass is 10.1. The summed E-state index contributed by atoms with van der Waals surface area (Å²) in [5.74, 6) is -1.94. The lowest BCUT2D eigenvalue weighted by Gasteiger charge is -2.22. The highest BCUT2D eigenvalue weighted by Gasteiger charge is 2.23. The Kier molecular flexibility index (Phi) is 5.86. The van der Waals surface area contributed by atoms with Crippen molar-refractivity contribution in [3.8, 4) is 0 Å². The summed E-state index contributed by atoms with van der Waals surface area (Å²) in [5.41, 5.74) is 1.63. The highest BCUT2D eigenvalue weighted by Crippen LogP contribution is 2.12. The third-order valence-electron chi connectivity index (χ3n) is 3.24. The molecule has 0 aliphatic rings. The van der Waals surface area contributed by atoms with E-state index >= 15 is 0 Å². The Balaban J connectivity index is 2.18. The third-order valence-corrected chi connectivity index (χ3v) is 3.24. The first-order chi connectivity index (χ1) is 11.1. The summed E-state index contributed by atoms with van der Waals surface area (Å²) in [4.78, 5) is 25.4. The molecule has 2 aromatic carbocycles. The summed E-state index contributed by atoms with van der Waals surface area (Å²) in [6.07, 6.45) is 0. The summed E-state index contributed by atoms with van der Waals surface area (Å²) in [7, 11) is 0. The summed E-state index contributed by atoms with van der Waals surface area (Å²) in [5, 5.41) is 0. The maximum Gasteiger partial charge on any atom is 0.397 e. The van der Waals surface area contributed by atoms with E-state index < -0.39 is 11.9 Å². The monoisotopic (exact) mass is 315 g/mol. The molecule has 0 aliphatic carbocycles. The van der Waals surface area contributed by atoms with E-state index in [9.17, 15) is 14.0 Å². The highest BCUT2D eigenvalue weighted by atomic mass is 19.1. The smallest absolute Gasteiger partial charge is 0.397 e. The van der Waals surface area contributed by atoms with Crippen LogP contribution in [0, 0.1) is 5.82 Å². The minimum absolute atomic E-state index is 0.139. The fraction of sp³-hybridized carbons (Fsp3) is 0.222. The molecule has 0 atom stereocenters. The van der Waals surface area contributed by atoms with Crippen LogP contribution in [0.15, 0.2) is 54.6 Å². The first kappa shape index (κ1) is 16.7. The molecule has 120 valence electrons. The minimum atomic E-state index is -0.884. The molecule has 0 aromatic heterocycles. The Labute approximate surface area is 134 Å². The fourth-order valence-corrected chi connectivity index (χ4v) is 2.14. The Bertz CT molecular complexity index is 656. The van der Waals surface area contributed by atoms with E-state index in [4.69, 9.17) is 4.74 Å². The average molecular weight is 315 g/mol. The highest BCUT2D eigenvalue weighted by molar-refractivity contribution is 6.32. The normalized spacial score (nSPS) is 10.2. The third kappa shape index (κ3) is 4.92. The maximum absolute atomic E-state index is 13.0. The molecule has 2 rings (SSSR count). The van der Waals surface area contributed by atoms with Gasteiger partial charge in [-0.05, 0) is 30.2 Å². The van der Waals surface area contributed by atoms with Crippen molar-refractivity contribution < 1.29 is 18.7 Å². The van der Waals surface area contributed by atoms with Gasteiger partial charge in [0.1, 0.15) is 5.82 Å². The standard InChI is InChI=1S/C18H18FNO3/c1-2-23-18(22)17(21)20(12-14-6-4-3-5-7-14)13-15-8-10-16(19)11-9-15/h3-11H,2,12-13H2,1H3. The number of carbonyl (C=O) groups excluding carboxylic acids is 2. The maximum atomic E-state index is 13.0. The number of nitrogens with zero attached hydrogens (tertiary/aromatic N) is 1. The van der Waals surface area contributed by atoms with Crippen LogP contribution >= 0.6 is 0 Å². The van der Waals surface area contributed by atoms with E-state index in [1.165, 1.54) is 17.0 Å². The van der Waals surface area contributed by atoms with E-state index in [2.05, 4.69) is 0 Å². The zero-order chi connectivity index (χ0) is 16.7. The molecule has 0 radical (unpaired) electrons. The average Bonchev–Trinajstić information content (AvgIpc) is 2.57. The van der Waals surface area contributed by atoms with Crippen LogP contribution in [-0.2, 0) is 27.4 Å². The fourth-order valence-electron chi connectivity index (χ4n) is 2.14. The molecule has 5 heteroatoms. The predicted molar refractivity (Wildman–Crippen MR) is 83.7 cm³/mol. The van der Waals surface area contributed by atoms with E-state index in [0.29, 0.717) is 0 Å². The second-order valence-electron chi connectivity index (χ2n) is 4.99. The van der Waals surface area contributed by atoms with Crippen LogP contribution in [0.5, 0.6) is 0 Å². The van der Waals surface area contributed by atoms with Gasteiger partial charge in [-0.2, -0.15) is 0 Å². The van der Waals surface area contributed by atoms with Crippen molar-refractivity contribution in [3.05, 3.63) is 71.5 Å². The van der Waals surface area contributed by atoms with Crippen molar-refractivity contribution in [1.82, 2.24) is 4.90 Å². The second-order valence-corrected chi connectivity index (χ2v) is 4.99. The number of rotatable bonds is 5. The van der Waals surface area contributed by atoms with E-state index in [1.807, 2.05) is 30.3 Å². The zero-order valence-electron chi connectivity index (χ0n) is 12.9. The van der Waals surface area contributed by atoms with Gasteiger partial charge in [0, 0.05) is 13.1 Å². The molecule has 0 saturated carbocycles. The number of esters is 1. The molecule has 0 heterocycles. The van der Waals surface area contributed by atoms with Crippen LogP contribution < -0.4 is 0 Å². The summed E-state index contributed by atoms with van der Waals surface area (Å²) >= 11 is 0. The van der Waals surface area contributed by atoms with Crippen molar-refractivity contribution in [2.75, 3.05) is 6.61 Å². The van der Waals surface area contributed by atoms with Gasteiger partial charge in [-0.25, -0.2) is 9.18 Å². The van der Waals surface area contributed by atoms with Gasteiger partial charge in [-0.1, -0.05) is 42.5 Å². The number of halogens is 1. The summed E-state index contributed by atoms with van der Waals surface area (Å²) in [6, 6.07) is 15.2. The number of carbonyl (C=O) groups is 2. The molecule has 4 nitrogen and oxygen atoms in total. The molecule has 0 saturated heterocycles. The molecule has 0 spiro atoms. The Morgan fingerprint density at radius 2 is 1.52 bits per heavy atom. The van der Waals surface area contributed by atoms with Gasteiger partial charge >= 0.3 is 11.9 Å². The number of hydrogen-bond acceptors (Lipinski definition) is 3. The van der Waals surface area contributed by atoms with Gasteiger partial charge in [-0.15, -0.1) is 0 Å². The summed E-state index contributed by atoms with van der Waals surface area (Å²) in [6.45, 7) is 2.26. The number of amides is 1. The van der Waals surface area contributed by atoms with Crippen LogP contribution in [0.1, 0.15) is 18.1 Å². The molecule has 2 aromatic rings. The van der Waals surface area contributed by atoms with Crippen LogP contribution in [-0.4, -0.2) is 23.4 Å². The van der Waals surface area contributed by atoms with Gasteiger partial charge in [0.2, 0.25) is 0 Å². The molecular formula is C18H18FNO3. The van der Waals surface area contributed by atoms with Crippen LogP contribution in [0.2, 0.25) is 0 Å². The van der Waals surface area contributed by atoms with Crippen molar-refractivity contribution in [3.63, 3.8) is 0 Å². The van der Waals surface area contributed by atoms with Crippen molar-refractivity contribution in [1.29, 1.82) is 0 Å². The van der Waals surface area contributed by atoms with E-state index in [1.54, 1.807) is 19.1 Å². The number of ether oxygens (including phenoxy) is 1. The molecule has 0 aliphatic heterocycles. The molecule has 0 bridgehead atoms. The molecule has 1 amide bonds. The van der Waals surface area contributed by atoms with Gasteiger partial charge in [0.25, 0.3) is 0 Å². The molecule has 0 fully saturated rings. The first-order valence-electron chi connectivity index (χ1n) is 7.34. The van der Waals surface area contributed by atoms with Crippen LogP contribution in [0.3, 0.4) is 0 Å². The van der Waals surface area contributed by atoms with Crippen LogP contribution in [0.25, 0.3) is 0 Å². The van der Waals surface area contributed by atoms with E-state index in [-0.39, 0.29) is 25.5 Å². The molecule has 0 N–H and O–H groups in total. The molecule has 23 heavy (non-hydrogen) atoms. The largest absolute Gasteiger partial charge is 0.459 e. The lowest BCUT2D eigenvalue weighted by Crippen LogP contribution is -2.36. The van der Waals surface area contributed by atoms with Crippen molar-refractivity contribution in [2.24, 2.45) is 0 Å². The summed E-state index contributed by atoms with van der Waals surface area (Å²) < 4.78 is 17.8. The quantitative estimate of drug-likeness (QED) is 0.629. The Hall–Kier alpha value is -2.69. The van der Waals surface area contributed by atoms with E-state index in [0.717, 1.165) is 11.1 Å². The van der Waals surface area contributed by atoms with Crippen LogP contribution in [0.4, 0.5) is 4.39 Å². The second kappa shape index (κ2) is 8.08.